The molecule has 3 heterocycles. The average molecular weight is 274 g/mol. The Kier molecular flexibility index (Phi) is 3.00. The highest BCUT2D eigenvalue weighted by Gasteiger charge is 2.40. The molecule has 3 unspecified atom stereocenters. The van der Waals surface area contributed by atoms with Crippen LogP contribution in [0, 0.1) is 5.92 Å². The molecule has 3 N–H and O–H groups in total. The number of allylic oxidation sites excluding steroid dienone is 2. The predicted molar refractivity (Wildman–Crippen MR) is 73.6 cm³/mol. The summed E-state index contributed by atoms with van der Waals surface area (Å²) in [5, 5.41) is 7.98. The number of hydrogen-bond acceptors (Lipinski definition) is 4. The maximum Gasteiger partial charge on any atom is 0.235 e. The van der Waals surface area contributed by atoms with Crippen LogP contribution in [0.2, 0.25) is 0 Å². The van der Waals surface area contributed by atoms with E-state index in [0.29, 0.717) is 6.42 Å². The van der Waals surface area contributed by atoms with Gasteiger partial charge < -0.3 is 10.6 Å². The molecule has 6 nitrogen and oxygen atoms in total. The van der Waals surface area contributed by atoms with E-state index in [0.717, 1.165) is 11.1 Å². The first-order chi connectivity index (χ1) is 9.56. The van der Waals surface area contributed by atoms with Crippen molar-refractivity contribution in [3.63, 3.8) is 0 Å². The fourth-order valence-corrected chi connectivity index (χ4v) is 3.17. The number of nitrogens with one attached hydrogen (secondary N) is 3. The second-order valence-corrected chi connectivity index (χ2v) is 5.38. The van der Waals surface area contributed by atoms with E-state index in [-0.39, 0.29) is 29.9 Å². The van der Waals surface area contributed by atoms with Crippen LogP contribution in [0.5, 0.6) is 0 Å². The molecular formula is C14H18N4O2. The van der Waals surface area contributed by atoms with Gasteiger partial charge in [0.1, 0.15) is 6.17 Å². The van der Waals surface area contributed by atoms with Crippen molar-refractivity contribution in [3.05, 3.63) is 35.7 Å². The van der Waals surface area contributed by atoms with Crippen LogP contribution in [-0.2, 0) is 9.59 Å². The highest BCUT2D eigenvalue weighted by Crippen LogP contribution is 2.37. The fourth-order valence-electron chi connectivity index (χ4n) is 3.17. The molecule has 0 aromatic rings. The SMILES string of the molecule is CC(=O)NN1C=C2CC(=O)NC(C)C2C2=CC=CNC21. The van der Waals surface area contributed by atoms with Crippen molar-refractivity contribution in [1.29, 1.82) is 0 Å². The van der Waals surface area contributed by atoms with E-state index in [1.165, 1.54) is 6.92 Å². The Morgan fingerprint density at radius 1 is 1.50 bits per heavy atom. The van der Waals surface area contributed by atoms with Crippen LogP contribution in [0.1, 0.15) is 20.3 Å². The summed E-state index contributed by atoms with van der Waals surface area (Å²) in [6.07, 6.45) is 8.02. The van der Waals surface area contributed by atoms with Crippen LogP contribution in [0.4, 0.5) is 0 Å². The lowest BCUT2D eigenvalue weighted by Crippen LogP contribution is -2.58. The van der Waals surface area contributed by atoms with Crippen molar-refractivity contribution in [2.75, 3.05) is 0 Å². The first-order valence-electron chi connectivity index (χ1n) is 6.74. The molecule has 20 heavy (non-hydrogen) atoms. The Bertz CT molecular complexity index is 549. The number of carbonyl (C=O) groups is 2. The van der Waals surface area contributed by atoms with E-state index in [4.69, 9.17) is 0 Å². The van der Waals surface area contributed by atoms with Gasteiger partial charge in [-0.15, -0.1) is 0 Å². The van der Waals surface area contributed by atoms with Crippen LogP contribution in [-0.4, -0.2) is 29.0 Å². The van der Waals surface area contributed by atoms with Gasteiger partial charge >= 0.3 is 0 Å². The third kappa shape index (κ3) is 2.07. The van der Waals surface area contributed by atoms with Gasteiger partial charge in [-0.3, -0.25) is 20.0 Å². The lowest BCUT2D eigenvalue weighted by molar-refractivity contribution is -0.123. The molecule has 2 amide bonds. The van der Waals surface area contributed by atoms with Crippen molar-refractivity contribution in [3.8, 4) is 0 Å². The summed E-state index contributed by atoms with van der Waals surface area (Å²) in [7, 11) is 0. The maximum absolute atomic E-state index is 11.7. The Hall–Kier alpha value is -2.24. The predicted octanol–water partition coefficient (Wildman–Crippen LogP) is 0.131. The number of piperidine rings is 1. The van der Waals surface area contributed by atoms with E-state index >= 15 is 0 Å². The minimum atomic E-state index is -0.135. The summed E-state index contributed by atoms with van der Waals surface area (Å²) >= 11 is 0. The zero-order valence-corrected chi connectivity index (χ0v) is 11.5. The molecule has 0 bridgehead atoms. The first-order valence-corrected chi connectivity index (χ1v) is 6.74. The lowest BCUT2D eigenvalue weighted by Gasteiger charge is -2.45. The Labute approximate surface area is 117 Å². The van der Waals surface area contributed by atoms with Crippen LogP contribution < -0.4 is 16.1 Å². The summed E-state index contributed by atoms with van der Waals surface area (Å²) in [6.45, 7) is 3.49. The van der Waals surface area contributed by atoms with E-state index in [1.54, 1.807) is 5.01 Å². The molecular weight excluding hydrogens is 256 g/mol. The zero-order chi connectivity index (χ0) is 14.3. The van der Waals surface area contributed by atoms with E-state index in [9.17, 15) is 9.59 Å². The third-order valence-electron chi connectivity index (χ3n) is 3.84. The van der Waals surface area contributed by atoms with Crippen molar-refractivity contribution in [2.24, 2.45) is 5.92 Å². The topological polar surface area (TPSA) is 73.5 Å². The van der Waals surface area contributed by atoms with E-state index in [2.05, 4.69) is 22.1 Å². The number of nitrogens with zero attached hydrogens (tertiary/aromatic N) is 1. The highest BCUT2D eigenvalue weighted by molar-refractivity contribution is 5.81. The van der Waals surface area contributed by atoms with Gasteiger partial charge in [-0.2, -0.15) is 0 Å². The second-order valence-electron chi connectivity index (χ2n) is 5.38. The molecule has 3 atom stereocenters. The molecule has 0 aromatic heterocycles. The van der Waals surface area contributed by atoms with Gasteiger partial charge in [-0.1, -0.05) is 6.08 Å². The monoisotopic (exact) mass is 274 g/mol. The molecule has 0 aliphatic carbocycles. The molecule has 6 heteroatoms. The molecule has 1 saturated heterocycles. The van der Waals surface area contributed by atoms with Gasteiger partial charge in [-0.05, 0) is 30.3 Å². The smallest absolute Gasteiger partial charge is 0.235 e. The molecule has 3 aliphatic rings. The summed E-state index contributed by atoms with van der Waals surface area (Å²) in [5.41, 5.74) is 4.99. The van der Waals surface area contributed by atoms with Gasteiger partial charge in [0.05, 0.1) is 6.42 Å². The number of hydrazine groups is 1. The minimum absolute atomic E-state index is 0.0288. The van der Waals surface area contributed by atoms with Crippen molar-refractivity contribution < 1.29 is 9.59 Å². The summed E-state index contributed by atoms with van der Waals surface area (Å²) < 4.78 is 0. The maximum atomic E-state index is 11.7. The van der Waals surface area contributed by atoms with Crippen molar-refractivity contribution in [1.82, 2.24) is 21.1 Å². The molecule has 3 rings (SSSR count). The molecule has 106 valence electrons. The molecule has 0 aromatic carbocycles. The lowest BCUT2D eigenvalue weighted by atomic mass is 9.77. The standard InChI is InChI=1S/C14H18N4O2/c1-8-13-10(6-12(20)16-8)7-18(17-9(2)19)14-11(13)4-3-5-15-14/h3-5,7-8,13-15H,6H2,1-2H3,(H,16,20)(H,17,19). The summed E-state index contributed by atoms with van der Waals surface area (Å²) in [6, 6.07) is 0.0593. The van der Waals surface area contributed by atoms with Gasteiger partial charge in [0.2, 0.25) is 11.8 Å². The number of amides is 2. The van der Waals surface area contributed by atoms with Gasteiger partial charge in [0.15, 0.2) is 0 Å². The highest BCUT2D eigenvalue weighted by atomic mass is 16.2. The van der Waals surface area contributed by atoms with Crippen LogP contribution in [0.3, 0.4) is 0 Å². The number of fused-ring (bicyclic) bond motifs is 3. The van der Waals surface area contributed by atoms with Gasteiger partial charge in [0, 0.05) is 25.1 Å². The Morgan fingerprint density at radius 3 is 3.05 bits per heavy atom. The normalized spacial score (nSPS) is 31.2. The second kappa shape index (κ2) is 4.70. The minimum Gasteiger partial charge on any atom is -0.366 e. The van der Waals surface area contributed by atoms with Crippen molar-refractivity contribution in [2.45, 2.75) is 32.5 Å². The van der Waals surface area contributed by atoms with Crippen LogP contribution in [0.25, 0.3) is 0 Å². The van der Waals surface area contributed by atoms with Crippen LogP contribution >= 0.6 is 0 Å². The number of hydrogen-bond donors (Lipinski definition) is 3. The van der Waals surface area contributed by atoms with Crippen LogP contribution in [0.15, 0.2) is 35.7 Å². The quantitative estimate of drug-likeness (QED) is 0.635. The zero-order valence-electron chi connectivity index (χ0n) is 11.5. The first kappa shape index (κ1) is 12.8. The number of rotatable bonds is 1. The van der Waals surface area contributed by atoms with Crippen molar-refractivity contribution >= 4 is 11.8 Å². The average Bonchev–Trinajstić information content (AvgIpc) is 2.37. The van der Waals surface area contributed by atoms with E-state index in [1.807, 2.05) is 25.4 Å². The molecule has 3 aliphatic heterocycles. The number of carbonyl (C=O) groups excluding carboxylic acids is 2. The molecule has 0 spiro atoms. The molecule has 1 fully saturated rings. The van der Waals surface area contributed by atoms with Gasteiger partial charge in [-0.25, -0.2) is 0 Å². The summed E-state index contributed by atoms with van der Waals surface area (Å²) in [4.78, 5) is 23.1. The molecule has 0 saturated carbocycles. The Morgan fingerprint density at radius 2 is 2.30 bits per heavy atom. The van der Waals surface area contributed by atoms with E-state index < -0.39 is 0 Å². The summed E-state index contributed by atoms with van der Waals surface area (Å²) in [5.74, 6) is 0.0746. The number of dihydropyridines is 1. The largest absolute Gasteiger partial charge is 0.366 e. The van der Waals surface area contributed by atoms with Gasteiger partial charge in [0.25, 0.3) is 0 Å². The molecule has 0 radical (unpaired) electrons. The third-order valence-corrected chi connectivity index (χ3v) is 3.84. The fraction of sp³-hybridized carbons (Fsp3) is 0.429. The Balaban J connectivity index is 2.00.